The first-order valence-corrected chi connectivity index (χ1v) is 6.39. The Morgan fingerprint density at radius 2 is 1.90 bits per heavy atom. The molecular formula is C14H17FN2O3. The average Bonchev–Trinajstić information content (AvgIpc) is 3.23. The number of nitrogens with zero attached hydrogens (tertiary/aromatic N) is 1. The van der Waals surface area contributed by atoms with Gasteiger partial charge in [-0.15, -0.1) is 0 Å². The predicted octanol–water partition coefficient (Wildman–Crippen LogP) is 2.22. The first-order valence-electron chi connectivity index (χ1n) is 6.39. The second-order valence-corrected chi connectivity index (χ2v) is 5.25. The third-order valence-electron chi connectivity index (χ3n) is 3.72. The largest absolute Gasteiger partial charge is 0.480 e. The molecule has 5 nitrogen and oxygen atoms in total. The number of hydrogen-bond acceptors (Lipinski definition) is 2. The molecule has 1 atom stereocenters. The monoisotopic (exact) mass is 280 g/mol. The van der Waals surface area contributed by atoms with E-state index in [9.17, 15) is 19.1 Å². The van der Waals surface area contributed by atoms with Crippen LogP contribution in [0.1, 0.15) is 19.8 Å². The Hall–Kier alpha value is -2.11. The van der Waals surface area contributed by atoms with Gasteiger partial charge in [-0.25, -0.2) is 14.0 Å². The van der Waals surface area contributed by atoms with Crippen molar-refractivity contribution in [3.05, 3.63) is 30.1 Å². The van der Waals surface area contributed by atoms with Gasteiger partial charge >= 0.3 is 12.0 Å². The number of carbonyl (C=O) groups excluding carboxylic acids is 1. The van der Waals surface area contributed by atoms with Crippen LogP contribution in [-0.4, -0.2) is 29.7 Å². The van der Waals surface area contributed by atoms with Crippen molar-refractivity contribution in [3.8, 4) is 0 Å². The van der Waals surface area contributed by atoms with Crippen molar-refractivity contribution in [2.75, 3.05) is 11.9 Å². The zero-order valence-corrected chi connectivity index (χ0v) is 11.4. The van der Waals surface area contributed by atoms with E-state index in [1.165, 1.54) is 43.1 Å². The molecule has 1 saturated carbocycles. The summed E-state index contributed by atoms with van der Waals surface area (Å²) in [6.07, 6.45) is 1.59. The predicted molar refractivity (Wildman–Crippen MR) is 72.1 cm³/mol. The van der Waals surface area contributed by atoms with Gasteiger partial charge in [-0.1, -0.05) is 0 Å². The highest BCUT2D eigenvalue weighted by molar-refractivity contribution is 5.95. The van der Waals surface area contributed by atoms with E-state index in [-0.39, 0.29) is 5.92 Å². The van der Waals surface area contributed by atoms with Crippen LogP contribution in [0.15, 0.2) is 24.3 Å². The number of urea groups is 1. The lowest BCUT2D eigenvalue weighted by molar-refractivity contribution is -0.144. The Morgan fingerprint density at radius 1 is 1.35 bits per heavy atom. The van der Waals surface area contributed by atoms with E-state index in [4.69, 9.17) is 0 Å². The molecule has 6 heteroatoms. The van der Waals surface area contributed by atoms with Crippen LogP contribution in [0.3, 0.4) is 0 Å². The van der Waals surface area contributed by atoms with E-state index in [1.807, 2.05) is 0 Å². The minimum atomic E-state index is -1.26. The molecule has 0 saturated heterocycles. The zero-order chi connectivity index (χ0) is 14.9. The van der Waals surface area contributed by atoms with Crippen molar-refractivity contribution in [3.63, 3.8) is 0 Å². The Morgan fingerprint density at radius 3 is 2.35 bits per heavy atom. The number of benzene rings is 1. The van der Waals surface area contributed by atoms with Crippen LogP contribution < -0.4 is 10.2 Å². The van der Waals surface area contributed by atoms with E-state index in [0.717, 1.165) is 12.8 Å². The number of nitrogens with one attached hydrogen (secondary N) is 1. The molecule has 1 fully saturated rings. The lowest BCUT2D eigenvalue weighted by Crippen LogP contribution is -2.57. The summed E-state index contributed by atoms with van der Waals surface area (Å²) in [5.41, 5.74) is -0.766. The fourth-order valence-electron chi connectivity index (χ4n) is 2.08. The third kappa shape index (κ3) is 2.74. The molecule has 108 valence electrons. The van der Waals surface area contributed by atoms with E-state index < -0.39 is 23.4 Å². The van der Waals surface area contributed by atoms with Crippen molar-refractivity contribution in [1.29, 1.82) is 0 Å². The summed E-state index contributed by atoms with van der Waals surface area (Å²) in [7, 11) is 1.51. The molecule has 0 radical (unpaired) electrons. The fraction of sp³-hybridized carbons (Fsp3) is 0.429. The minimum absolute atomic E-state index is 0.0365. The number of hydrogen-bond donors (Lipinski definition) is 2. The number of carboxylic acid groups (broad SMARTS) is 1. The number of halogens is 1. The summed E-state index contributed by atoms with van der Waals surface area (Å²) in [6, 6.07) is 4.90. The van der Waals surface area contributed by atoms with Crippen LogP contribution in [0, 0.1) is 11.7 Å². The van der Waals surface area contributed by atoms with E-state index in [0.29, 0.717) is 5.69 Å². The highest BCUT2D eigenvalue weighted by Gasteiger charge is 2.49. The van der Waals surface area contributed by atoms with Gasteiger partial charge in [0.25, 0.3) is 0 Å². The lowest BCUT2D eigenvalue weighted by Gasteiger charge is -2.29. The maximum atomic E-state index is 12.8. The van der Waals surface area contributed by atoms with Crippen molar-refractivity contribution < 1.29 is 19.1 Å². The van der Waals surface area contributed by atoms with Crippen LogP contribution >= 0.6 is 0 Å². The molecule has 0 bridgehead atoms. The Balaban J connectivity index is 2.10. The first-order chi connectivity index (χ1) is 9.34. The molecule has 1 aromatic rings. The van der Waals surface area contributed by atoms with Crippen molar-refractivity contribution in [2.24, 2.45) is 5.92 Å². The van der Waals surface area contributed by atoms with Crippen LogP contribution in [0.2, 0.25) is 0 Å². The van der Waals surface area contributed by atoms with Gasteiger partial charge in [0.05, 0.1) is 0 Å². The molecule has 2 amide bonds. The SMILES string of the molecule is CN(C(=O)NC(C)(C(=O)O)C1CC1)c1ccc(F)cc1. The Labute approximate surface area is 116 Å². The van der Waals surface area contributed by atoms with Crippen LogP contribution in [-0.2, 0) is 4.79 Å². The number of aliphatic carboxylic acids is 1. The topological polar surface area (TPSA) is 69.6 Å². The number of anilines is 1. The third-order valence-corrected chi connectivity index (χ3v) is 3.72. The summed E-state index contributed by atoms with van der Waals surface area (Å²) in [6.45, 7) is 1.52. The highest BCUT2D eigenvalue weighted by atomic mass is 19.1. The van der Waals surface area contributed by atoms with Gasteiger partial charge in [0.1, 0.15) is 11.4 Å². The molecular weight excluding hydrogens is 263 g/mol. The molecule has 0 spiro atoms. The molecule has 0 aromatic heterocycles. The van der Waals surface area contributed by atoms with Gasteiger partial charge in [-0.3, -0.25) is 4.90 Å². The van der Waals surface area contributed by atoms with Gasteiger partial charge in [0, 0.05) is 12.7 Å². The van der Waals surface area contributed by atoms with Gasteiger partial charge in [-0.2, -0.15) is 0 Å². The Bertz CT molecular complexity index is 528. The molecule has 2 rings (SSSR count). The average molecular weight is 280 g/mol. The summed E-state index contributed by atoms with van der Waals surface area (Å²) in [5.74, 6) is -1.47. The summed E-state index contributed by atoms with van der Waals surface area (Å²) in [5, 5.41) is 11.9. The van der Waals surface area contributed by atoms with E-state index in [2.05, 4.69) is 5.32 Å². The maximum Gasteiger partial charge on any atom is 0.329 e. The fourth-order valence-corrected chi connectivity index (χ4v) is 2.08. The molecule has 1 unspecified atom stereocenters. The van der Waals surface area contributed by atoms with Gasteiger partial charge in [0.2, 0.25) is 0 Å². The molecule has 1 aliphatic rings. The summed E-state index contributed by atoms with van der Waals surface area (Å²) in [4.78, 5) is 24.8. The minimum Gasteiger partial charge on any atom is -0.480 e. The Kier molecular flexibility index (Phi) is 3.65. The molecule has 20 heavy (non-hydrogen) atoms. The molecule has 2 N–H and O–H groups in total. The lowest BCUT2D eigenvalue weighted by atomic mass is 9.96. The molecule has 1 aliphatic carbocycles. The number of carboxylic acids is 1. The van der Waals surface area contributed by atoms with Crippen molar-refractivity contribution in [1.82, 2.24) is 5.32 Å². The van der Waals surface area contributed by atoms with Crippen LogP contribution in [0.25, 0.3) is 0 Å². The normalized spacial score (nSPS) is 17.1. The summed E-state index contributed by atoms with van der Waals surface area (Å²) >= 11 is 0. The van der Waals surface area contributed by atoms with E-state index >= 15 is 0 Å². The zero-order valence-electron chi connectivity index (χ0n) is 11.4. The van der Waals surface area contributed by atoms with Gasteiger partial charge in [-0.05, 0) is 49.9 Å². The second-order valence-electron chi connectivity index (χ2n) is 5.25. The smallest absolute Gasteiger partial charge is 0.329 e. The quantitative estimate of drug-likeness (QED) is 0.888. The molecule has 1 aromatic carbocycles. The standard InChI is InChI=1S/C14H17FN2O3/c1-14(12(18)19,9-3-4-9)16-13(20)17(2)11-7-5-10(15)6-8-11/h5-9H,3-4H2,1-2H3,(H,16,20)(H,18,19). The van der Waals surface area contributed by atoms with E-state index in [1.54, 1.807) is 0 Å². The first kappa shape index (κ1) is 14.3. The van der Waals surface area contributed by atoms with Gasteiger partial charge < -0.3 is 10.4 Å². The molecule has 0 heterocycles. The number of carbonyl (C=O) groups is 2. The highest BCUT2D eigenvalue weighted by Crippen LogP contribution is 2.39. The second kappa shape index (κ2) is 5.11. The summed E-state index contributed by atoms with van der Waals surface area (Å²) < 4.78 is 12.8. The van der Waals surface area contributed by atoms with Crippen LogP contribution in [0.4, 0.5) is 14.9 Å². The molecule has 0 aliphatic heterocycles. The maximum absolute atomic E-state index is 12.8. The van der Waals surface area contributed by atoms with Crippen molar-refractivity contribution in [2.45, 2.75) is 25.3 Å². The number of rotatable bonds is 4. The van der Waals surface area contributed by atoms with Crippen LogP contribution in [0.5, 0.6) is 0 Å². The van der Waals surface area contributed by atoms with Gasteiger partial charge in [0.15, 0.2) is 0 Å². The van der Waals surface area contributed by atoms with Crippen molar-refractivity contribution >= 4 is 17.7 Å². The number of amides is 2.